The first-order valence-electron chi connectivity index (χ1n) is 14.7. The van der Waals surface area contributed by atoms with Crippen LogP contribution in [0.2, 0.25) is 0 Å². The predicted molar refractivity (Wildman–Crippen MR) is 161 cm³/mol. The van der Waals surface area contributed by atoms with Gasteiger partial charge in [0.1, 0.15) is 11.5 Å². The van der Waals surface area contributed by atoms with Gasteiger partial charge in [-0.3, -0.25) is 14.8 Å². The number of piperidine rings is 2. The summed E-state index contributed by atoms with van der Waals surface area (Å²) in [5.74, 6) is 0.715. The Morgan fingerprint density at radius 2 is 1.74 bits per heavy atom. The second-order valence-electron chi connectivity index (χ2n) is 12.9. The van der Waals surface area contributed by atoms with Gasteiger partial charge in [0.05, 0.1) is 35.0 Å². The number of aryl methyl sites for hydroxylation is 1. The highest BCUT2D eigenvalue weighted by atomic mass is 16.5. The molecule has 0 unspecified atom stereocenters. The number of likely N-dealkylation sites (tertiary alicyclic amines) is 1. The average Bonchev–Trinajstić information content (AvgIpc) is 3.66. The number of hydrogen-bond acceptors (Lipinski definition) is 9. The van der Waals surface area contributed by atoms with Crippen LogP contribution < -0.4 is 10.2 Å². The zero-order valence-electron chi connectivity index (χ0n) is 25.1. The van der Waals surface area contributed by atoms with Crippen LogP contribution in [0.3, 0.4) is 0 Å². The molecule has 6 heterocycles. The average molecular weight is 570 g/mol. The molecule has 4 aromatic rings. The van der Waals surface area contributed by atoms with Crippen molar-refractivity contribution in [1.82, 2.24) is 35.0 Å². The van der Waals surface area contributed by atoms with Crippen LogP contribution in [0.15, 0.2) is 47.5 Å². The van der Waals surface area contributed by atoms with Crippen molar-refractivity contribution in [2.45, 2.75) is 58.8 Å². The van der Waals surface area contributed by atoms with Crippen molar-refractivity contribution < 1.29 is 9.32 Å². The van der Waals surface area contributed by atoms with Crippen molar-refractivity contribution in [3.63, 3.8) is 0 Å². The van der Waals surface area contributed by atoms with Crippen LogP contribution in [0, 0.1) is 12.3 Å². The molecule has 42 heavy (non-hydrogen) atoms. The third-order valence-corrected chi connectivity index (χ3v) is 8.81. The minimum absolute atomic E-state index is 0.211. The van der Waals surface area contributed by atoms with E-state index in [1.807, 2.05) is 46.3 Å². The fraction of sp³-hybridized carbons (Fsp3) is 0.484. The van der Waals surface area contributed by atoms with Crippen molar-refractivity contribution in [3.8, 4) is 16.9 Å². The number of rotatable bonds is 5. The summed E-state index contributed by atoms with van der Waals surface area (Å²) < 4.78 is 7.04. The third kappa shape index (κ3) is 5.78. The summed E-state index contributed by atoms with van der Waals surface area (Å²) in [6, 6.07) is 5.64. The molecule has 2 aliphatic rings. The summed E-state index contributed by atoms with van der Waals surface area (Å²) in [7, 11) is 2.23. The number of aromatic nitrogens is 6. The molecule has 220 valence electrons. The van der Waals surface area contributed by atoms with E-state index in [2.05, 4.69) is 53.7 Å². The van der Waals surface area contributed by atoms with E-state index in [-0.39, 0.29) is 11.3 Å². The Hall–Kier alpha value is -4.12. The van der Waals surface area contributed by atoms with Gasteiger partial charge in [0.2, 0.25) is 0 Å². The molecule has 11 nitrogen and oxygen atoms in total. The molecule has 0 aromatic carbocycles. The lowest BCUT2D eigenvalue weighted by Gasteiger charge is -2.46. The maximum Gasteiger partial charge on any atom is 0.258 e. The Balaban J connectivity index is 1.16. The number of pyridine rings is 2. The lowest BCUT2D eigenvalue weighted by molar-refractivity contribution is 0.0945. The highest BCUT2D eigenvalue weighted by molar-refractivity contribution is 6.03. The molecule has 0 aliphatic carbocycles. The van der Waals surface area contributed by atoms with Gasteiger partial charge in [0.25, 0.3) is 5.91 Å². The van der Waals surface area contributed by atoms with E-state index in [9.17, 15) is 4.79 Å². The smallest absolute Gasteiger partial charge is 0.258 e. The molecule has 0 radical (unpaired) electrons. The largest absolute Gasteiger partial charge is 0.370 e. The van der Waals surface area contributed by atoms with Crippen LogP contribution in [0.25, 0.3) is 16.9 Å². The highest BCUT2D eigenvalue weighted by Crippen LogP contribution is 2.42. The van der Waals surface area contributed by atoms with Gasteiger partial charge in [-0.15, -0.1) is 5.10 Å². The summed E-state index contributed by atoms with van der Waals surface area (Å²) in [6.07, 6.45) is 12.2. The number of nitrogens with one attached hydrogen (secondary N) is 1. The van der Waals surface area contributed by atoms with E-state index in [4.69, 9.17) is 4.52 Å². The van der Waals surface area contributed by atoms with Crippen molar-refractivity contribution in [2.24, 2.45) is 5.41 Å². The zero-order valence-corrected chi connectivity index (χ0v) is 25.1. The number of carbonyl (C=O) groups excluding carboxylic acids is 1. The zero-order chi connectivity index (χ0) is 29.5. The maximum atomic E-state index is 13.0. The molecule has 0 bridgehead atoms. The third-order valence-electron chi connectivity index (χ3n) is 8.81. The van der Waals surface area contributed by atoms with Gasteiger partial charge in [-0.1, -0.05) is 31.1 Å². The molecule has 2 aliphatic heterocycles. The van der Waals surface area contributed by atoms with Gasteiger partial charge in [-0.2, -0.15) is 0 Å². The number of nitrogens with zero attached hydrogens (tertiary/aromatic N) is 8. The molecule has 1 spiro atoms. The van der Waals surface area contributed by atoms with E-state index in [0.717, 1.165) is 30.0 Å². The molecule has 0 saturated carbocycles. The minimum atomic E-state index is -0.335. The lowest BCUT2D eigenvalue weighted by Crippen LogP contribution is -2.46. The van der Waals surface area contributed by atoms with Crippen LogP contribution in [0.5, 0.6) is 0 Å². The predicted octanol–water partition coefficient (Wildman–Crippen LogP) is 4.88. The summed E-state index contributed by atoms with van der Waals surface area (Å²) in [5.41, 5.74) is 4.78. The monoisotopic (exact) mass is 569 g/mol. The molecule has 2 saturated heterocycles. The fourth-order valence-electron chi connectivity index (χ4n) is 5.84. The molecule has 4 aromatic heterocycles. The first-order valence-corrected chi connectivity index (χ1v) is 14.7. The quantitative estimate of drug-likeness (QED) is 0.359. The van der Waals surface area contributed by atoms with E-state index < -0.39 is 0 Å². The Kier molecular flexibility index (Phi) is 7.30. The van der Waals surface area contributed by atoms with Crippen LogP contribution >= 0.6 is 0 Å². The fourth-order valence-corrected chi connectivity index (χ4v) is 5.84. The summed E-state index contributed by atoms with van der Waals surface area (Å²) in [5, 5.41) is 15.6. The number of amides is 1. The van der Waals surface area contributed by atoms with Crippen molar-refractivity contribution in [2.75, 3.05) is 43.4 Å². The molecule has 2 fully saturated rings. The minimum Gasteiger partial charge on any atom is -0.370 e. The van der Waals surface area contributed by atoms with E-state index >= 15 is 0 Å². The number of carbonyl (C=O) groups is 1. The molecule has 11 heteroatoms. The first kappa shape index (κ1) is 28.0. The van der Waals surface area contributed by atoms with Gasteiger partial charge < -0.3 is 19.6 Å². The SMILES string of the molecule is Cc1ncc(C(=O)Nc2cc(C(C)(C)C)on2)cc1-n1cc(-c2cncc(N3CCC4(CCN(C)CC4)CC3)c2)nn1. The normalized spacial score (nSPS) is 17.5. The molecular weight excluding hydrogens is 530 g/mol. The van der Waals surface area contributed by atoms with Gasteiger partial charge in [0, 0.05) is 42.5 Å². The molecule has 1 N–H and O–H groups in total. The standard InChI is InChI=1S/C31H39N9O2/c1-21-26(15-23(18-33-21)29(41)34-28-16-27(42-36-28)30(2,3)4)40-20-25(35-37-40)22-14-24(19-32-17-22)39-12-8-31(9-13-39)6-10-38(5)11-7-31/h14-20H,6-13H2,1-5H3,(H,34,36,41). The van der Waals surface area contributed by atoms with Crippen molar-refractivity contribution in [1.29, 1.82) is 0 Å². The second-order valence-corrected chi connectivity index (χ2v) is 12.9. The number of anilines is 2. The topological polar surface area (TPSA) is 118 Å². The Labute approximate surface area is 246 Å². The number of hydrogen-bond donors (Lipinski definition) is 1. The summed E-state index contributed by atoms with van der Waals surface area (Å²) in [6.45, 7) is 12.4. The lowest BCUT2D eigenvalue weighted by atomic mass is 9.71. The van der Waals surface area contributed by atoms with Crippen LogP contribution in [0.1, 0.15) is 68.3 Å². The van der Waals surface area contributed by atoms with Gasteiger partial charge in [-0.25, -0.2) is 4.68 Å². The van der Waals surface area contributed by atoms with Crippen LogP contribution in [0.4, 0.5) is 11.5 Å². The Morgan fingerprint density at radius 3 is 2.45 bits per heavy atom. The summed E-state index contributed by atoms with van der Waals surface area (Å²) >= 11 is 0. The van der Waals surface area contributed by atoms with Crippen molar-refractivity contribution in [3.05, 3.63) is 60.0 Å². The van der Waals surface area contributed by atoms with Crippen LogP contribution in [-0.2, 0) is 5.41 Å². The van der Waals surface area contributed by atoms with Crippen LogP contribution in [-0.4, -0.2) is 74.2 Å². The second kappa shape index (κ2) is 10.9. The summed E-state index contributed by atoms with van der Waals surface area (Å²) in [4.78, 5) is 26.9. The van der Waals surface area contributed by atoms with E-state index in [0.29, 0.717) is 33.9 Å². The Bertz CT molecular complexity index is 1570. The van der Waals surface area contributed by atoms with E-state index in [1.165, 1.54) is 38.8 Å². The highest BCUT2D eigenvalue weighted by Gasteiger charge is 2.37. The Morgan fingerprint density at radius 1 is 1.00 bits per heavy atom. The van der Waals surface area contributed by atoms with Gasteiger partial charge in [-0.05, 0) is 70.3 Å². The molecule has 6 rings (SSSR count). The molecular formula is C31H39N9O2. The molecule has 1 amide bonds. The maximum absolute atomic E-state index is 13.0. The van der Waals surface area contributed by atoms with Gasteiger partial charge in [0.15, 0.2) is 5.82 Å². The van der Waals surface area contributed by atoms with E-state index in [1.54, 1.807) is 23.0 Å². The van der Waals surface area contributed by atoms with Gasteiger partial charge >= 0.3 is 0 Å². The first-order chi connectivity index (χ1) is 20.1. The van der Waals surface area contributed by atoms with Crippen molar-refractivity contribution >= 4 is 17.4 Å². The molecule has 0 atom stereocenters.